The Labute approximate surface area is 120 Å². The second-order valence-electron chi connectivity index (χ2n) is 4.97. The molecule has 1 saturated carbocycles. The highest BCUT2D eigenvalue weighted by Crippen LogP contribution is 2.39. The van der Waals surface area contributed by atoms with Crippen LogP contribution in [0.15, 0.2) is 22.6 Å². The summed E-state index contributed by atoms with van der Waals surface area (Å²) in [5.41, 5.74) is 1.30. The minimum Gasteiger partial charge on any atom is -0.434 e. The van der Waals surface area contributed by atoms with Crippen LogP contribution >= 0.6 is 0 Å². The number of nitrogens with one attached hydrogen (secondary N) is 1. The van der Waals surface area contributed by atoms with Crippen LogP contribution in [0, 0.1) is 6.92 Å². The van der Waals surface area contributed by atoms with Crippen LogP contribution < -0.4 is 10.1 Å². The van der Waals surface area contributed by atoms with Crippen molar-refractivity contribution < 1.29 is 17.9 Å². The summed E-state index contributed by atoms with van der Waals surface area (Å²) in [7, 11) is 0. The highest BCUT2D eigenvalue weighted by atomic mass is 19.3. The standard InChI is InChI=1S/C14H15F2N3O2/c1-8-10(3-2-4-11(8)20-14(15)16)17-7-12-18-19-13(21-12)9-5-6-9/h2-4,9,14,17H,5-7H2,1H3. The fourth-order valence-electron chi connectivity index (χ4n) is 2.03. The van der Waals surface area contributed by atoms with E-state index in [0.29, 0.717) is 35.5 Å². The van der Waals surface area contributed by atoms with Gasteiger partial charge in [0.25, 0.3) is 0 Å². The second kappa shape index (κ2) is 5.67. The van der Waals surface area contributed by atoms with Gasteiger partial charge < -0.3 is 14.5 Å². The number of hydrogen-bond acceptors (Lipinski definition) is 5. The number of nitrogens with zero attached hydrogens (tertiary/aromatic N) is 2. The molecule has 5 nitrogen and oxygen atoms in total. The molecule has 21 heavy (non-hydrogen) atoms. The van der Waals surface area contributed by atoms with Crippen LogP contribution in [0.5, 0.6) is 5.75 Å². The van der Waals surface area contributed by atoms with E-state index >= 15 is 0 Å². The van der Waals surface area contributed by atoms with Crippen LogP contribution in [0.3, 0.4) is 0 Å². The maximum atomic E-state index is 12.3. The van der Waals surface area contributed by atoms with Gasteiger partial charge in [-0.2, -0.15) is 8.78 Å². The number of anilines is 1. The highest BCUT2D eigenvalue weighted by Gasteiger charge is 2.29. The van der Waals surface area contributed by atoms with Gasteiger partial charge in [-0.15, -0.1) is 10.2 Å². The van der Waals surface area contributed by atoms with Crippen molar-refractivity contribution in [3.05, 3.63) is 35.5 Å². The third kappa shape index (κ3) is 3.29. The van der Waals surface area contributed by atoms with Crippen molar-refractivity contribution in [2.75, 3.05) is 5.32 Å². The lowest BCUT2D eigenvalue weighted by Gasteiger charge is -2.12. The quantitative estimate of drug-likeness (QED) is 0.884. The SMILES string of the molecule is Cc1c(NCc2nnc(C3CC3)o2)cccc1OC(F)F. The van der Waals surface area contributed by atoms with Crippen molar-refractivity contribution in [3.63, 3.8) is 0 Å². The molecule has 0 radical (unpaired) electrons. The number of rotatable bonds is 6. The molecule has 1 aromatic heterocycles. The summed E-state index contributed by atoms with van der Waals surface area (Å²) in [5, 5.41) is 11.0. The number of benzene rings is 1. The molecule has 1 aromatic carbocycles. The maximum absolute atomic E-state index is 12.3. The molecule has 1 aliphatic carbocycles. The normalized spacial score (nSPS) is 14.5. The first-order valence-corrected chi connectivity index (χ1v) is 6.74. The van der Waals surface area contributed by atoms with Crippen LogP contribution in [0.25, 0.3) is 0 Å². The van der Waals surface area contributed by atoms with E-state index in [-0.39, 0.29) is 5.75 Å². The molecule has 0 saturated heterocycles. The van der Waals surface area contributed by atoms with Crippen molar-refractivity contribution in [2.24, 2.45) is 0 Å². The average molecular weight is 295 g/mol. The first-order valence-electron chi connectivity index (χ1n) is 6.74. The van der Waals surface area contributed by atoms with Gasteiger partial charge in [0.2, 0.25) is 11.8 Å². The number of aromatic nitrogens is 2. The Balaban J connectivity index is 1.66. The summed E-state index contributed by atoms with van der Waals surface area (Å²) >= 11 is 0. The molecule has 0 atom stereocenters. The van der Waals surface area contributed by atoms with E-state index in [1.165, 1.54) is 6.07 Å². The molecule has 7 heteroatoms. The lowest BCUT2D eigenvalue weighted by Crippen LogP contribution is -2.06. The molecule has 2 aromatic rings. The molecule has 1 N–H and O–H groups in total. The minimum atomic E-state index is -2.84. The van der Waals surface area contributed by atoms with Crippen molar-refractivity contribution in [2.45, 2.75) is 38.8 Å². The number of ether oxygens (including phenoxy) is 1. The van der Waals surface area contributed by atoms with Crippen LogP contribution in [-0.2, 0) is 6.54 Å². The van der Waals surface area contributed by atoms with E-state index in [2.05, 4.69) is 20.3 Å². The Morgan fingerprint density at radius 3 is 2.90 bits per heavy atom. The number of alkyl halides is 2. The molecule has 0 spiro atoms. The largest absolute Gasteiger partial charge is 0.434 e. The maximum Gasteiger partial charge on any atom is 0.387 e. The zero-order chi connectivity index (χ0) is 14.8. The summed E-state index contributed by atoms with van der Waals surface area (Å²) in [5.74, 6) is 1.73. The van der Waals surface area contributed by atoms with E-state index in [1.54, 1.807) is 19.1 Å². The molecule has 1 heterocycles. The van der Waals surface area contributed by atoms with Crippen LogP contribution in [0.2, 0.25) is 0 Å². The smallest absolute Gasteiger partial charge is 0.387 e. The third-order valence-electron chi connectivity index (χ3n) is 3.34. The predicted octanol–water partition coefficient (Wildman–Crippen LogP) is 3.47. The van der Waals surface area contributed by atoms with Gasteiger partial charge in [0, 0.05) is 17.2 Å². The monoisotopic (exact) mass is 295 g/mol. The minimum absolute atomic E-state index is 0.152. The van der Waals surface area contributed by atoms with Gasteiger partial charge in [0.15, 0.2) is 0 Å². The molecule has 1 aliphatic rings. The van der Waals surface area contributed by atoms with E-state index < -0.39 is 6.61 Å². The molecule has 0 amide bonds. The van der Waals surface area contributed by atoms with Gasteiger partial charge in [-0.25, -0.2) is 0 Å². The van der Waals surface area contributed by atoms with E-state index in [4.69, 9.17) is 4.42 Å². The predicted molar refractivity (Wildman–Crippen MR) is 71.4 cm³/mol. The van der Waals surface area contributed by atoms with E-state index in [0.717, 1.165) is 12.8 Å². The van der Waals surface area contributed by atoms with Gasteiger partial charge in [-0.1, -0.05) is 6.07 Å². The Kier molecular flexibility index (Phi) is 3.72. The lowest BCUT2D eigenvalue weighted by atomic mass is 10.2. The average Bonchev–Trinajstić information content (AvgIpc) is 3.19. The van der Waals surface area contributed by atoms with E-state index in [1.807, 2.05) is 0 Å². The summed E-state index contributed by atoms with van der Waals surface area (Å²) in [4.78, 5) is 0. The first-order chi connectivity index (χ1) is 10.1. The molecule has 0 aliphatic heterocycles. The Morgan fingerprint density at radius 1 is 1.38 bits per heavy atom. The van der Waals surface area contributed by atoms with E-state index in [9.17, 15) is 8.78 Å². The van der Waals surface area contributed by atoms with Gasteiger partial charge in [0.05, 0.1) is 6.54 Å². The van der Waals surface area contributed by atoms with Crippen molar-refractivity contribution in [1.82, 2.24) is 10.2 Å². The number of hydrogen-bond donors (Lipinski definition) is 1. The summed E-state index contributed by atoms with van der Waals surface area (Å²) in [6.07, 6.45) is 2.20. The van der Waals surface area contributed by atoms with Gasteiger partial charge in [-0.3, -0.25) is 0 Å². The Bertz CT molecular complexity index is 626. The third-order valence-corrected chi connectivity index (χ3v) is 3.34. The second-order valence-corrected chi connectivity index (χ2v) is 4.97. The topological polar surface area (TPSA) is 60.2 Å². The molecular weight excluding hydrogens is 280 g/mol. The van der Waals surface area contributed by atoms with Crippen LogP contribution in [0.4, 0.5) is 14.5 Å². The lowest BCUT2D eigenvalue weighted by molar-refractivity contribution is -0.0502. The summed E-state index contributed by atoms with van der Waals surface area (Å²) < 4.78 is 34.6. The van der Waals surface area contributed by atoms with Crippen molar-refractivity contribution >= 4 is 5.69 Å². The molecule has 0 bridgehead atoms. The van der Waals surface area contributed by atoms with Crippen LogP contribution in [-0.4, -0.2) is 16.8 Å². The summed E-state index contributed by atoms with van der Waals surface area (Å²) in [6, 6.07) is 4.94. The molecule has 112 valence electrons. The Morgan fingerprint density at radius 2 is 2.19 bits per heavy atom. The van der Waals surface area contributed by atoms with Crippen molar-refractivity contribution in [3.8, 4) is 5.75 Å². The Hall–Kier alpha value is -2.18. The van der Waals surface area contributed by atoms with Gasteiger partial charge in [0.1, 0.15) is 5.75 Å². The zero-order valence-corrected chi connectivity index (χ0v) is 11.5. The zero-order valence-electron chi connectivity index (χ0n) is 11.5. The molecule has 0 unspecified atom stereocenters. The number of halogens is 2. The van der Waals surface area contributed by atoms with Gasteiger partial charge >= 0.3 is 6.61 Å². The highest BCUT2D eigenvalue weighted by molar-refractivity contribution is 5.56. The summed E-state index contributed by atoms with van der Waals surface area (Å²) in [6.45, 7) is -0.779. The fraction of sp³-hybridized carbons (Fsp3) is 0.429. The fourth-order valence-corrected chi connectivity index (χ4v) is 2.03. The van der Waals surface area contributed by atoms with Gasteiger partial charge in [-0.05, 0) is 31.9 Å². The molecule has 1 fully saturated rings. The van der Waals surface area contributed by atoms with Crippen molar-refractivity contribution in [1.29, 1.82) is 0 Å². The first kappa shape index (κ1) is 13.8. The molecular formula is C14H15F2N3O2. The van der Waals surface area contributed by atoms with Crippen LogP contribution in [0.1, 0.15) is 36.1 Å². The molecule has 3 rings (SSSR count).